The predicted molar refractivity (Wildman–Crippen MR) is 175 cm³/mol. The van der Waals surface area contributed by atoms with Crippen LogP contribution >= 0.6 is 0 Å². The van der Waals surface area contributed by atoms with Gasteiger partial charge in [0.1, 0.15) is 5.82 Å². The van der Waals surface area contributed by atoms with E-state index in [1.807, 2.05) is 54.6 Å². The minimum Gasteiger partial charge on any atom is -0.383 e. The van der Waals surface area contributed by atoms with Crippen LogP contribution in [0.4, 0.5) is 16.3 Å². The number of nitrogens with zero attached hydrogens (tertiary/aromatic N) is 4. The Morgan fingerprint density at radius 2 is 1.57 bits per heavy atom. The van der Waals surface area contributed by atoms with E-state index in [1.54, 1.807) is 17.2 Å². The van der Waals surface area contributed by atoms with Crippen LogP contribution in [0.15, 0.2) is 91.1 Å². The SMILES string of the molecule is CN1CCN(Cc2ccc(-c3cnc(N)c(C(=O)N[C@@H]4CCN(C(=O)Nc5cccc(-c6ccccc6)c5)C4)c3)cc2)CC1. The summed E-state index contributed by atoms with van der Waals surface area (Å²) in [6.07, 6.45) is 2.36. The minimum absolute atomic E-state index is 0.180. The number of carbonyl (C=O) groups excluding carboxylic acids is 2. The predicted octanol–water partition coefficient (Wildman–Crippen LogP) is 4.78. The molecule has 3 heterocycles. The number of aromatic nitrogens is 1. The lowest BCUT2D eigenvalue weighted by Gasteiger charge is -2.32. The third-order valence-corrected chi connectivity index (χ3v) is 8.48. The van der Waals surface area contributed by atoms with E-state index in [4.69, 9.17) is 5.73 Å². The molecule has 4 aromatic rings. The van der Waals surface area contributed by atoms with Gasteiger partial charge < -0.3 is 26.2 Å². The molecule has 226 valence electrons. The zero-order valence-corrected chi connectivity index (χ0v) is 25.1. The van der Waals surface area contributed by atoms with Gasteiger partial charge in [-0.3, -0.25) is 9.69 Å². The van der Waals surface area contributed by atoms with Gasteiger partial charge in [0.05, 0.1) is 5.56 Å². The van der Waals surface area contributed by atoms with Crippen LogP contribution in [0, 0.1) is 0 Å². The number of anilines is 2. The number of rotatable bonds is 7. The Bertz CT molecular complexity index is 1600. The van der Waals surface area contributed by atoms with Crippen molar-refractivity contribution in [3.63, 3.8) is 0 Å². The van der Waals surface area contributed by atoms with Crippen LogP contribution in [-0.2, 0) is 6.54 Å². The summed E-state index contributed by atoms with van der Waals surface area (Å²) in [5.74, 6) is -0.102. The number of carbonyl (C=O) groups is 2. The van der Waals surface area contributed by atoms with Gasteiger partial charge in [0, 0.05) is 69.3 Å². The Morgan fingerprint density at radius 3 is 2.34 bits per heavy atom. The zero-order chi connectivity index (χ0) is 30.5. The number of nitrogens with two attached hydrogens (primary N) is 1. The maximum atomic E-state index is 13.3. The number of likely N-dealkylation sites (tertiary alicyclic amines) is 1. The Hall–Kier alpha value is -4.73. The summed E-state index contributed by atoms with van der Waals surface area (Å²) in [5.41, 5.74) is 12.4. The molecular formula is C35H39N7O2. The molecular weight excluding hydrogens is 550 g/mol. The van der Waals surface area contributed by atoms with Crippen LogP contribution in [0.2, 0.25) is 0 Å². The number of piperazine rings is 1. The van der Waals surface area contributed by atoms with Crippen molar-refractivity contribution in [1.82, 2.24) is 25.0 Å². The summed E-state index contributed by atoms with van der Waals surface area (Å²) in [4.78, 5) is 37.2. The maximum absolute atomic E-state index is 13.3. The molecule has 0 saturated carbocycles. The van der Waals surface area contributed by atoms with Crippen molar-refractivity contribution in [3.8, 4) is 22.3 Å². The van der Waals surface area contributed by atoms with E-state index in [1.165, 1.54) is 5.56 Å². The molecule has 9 nitrogen and oxygen atoms in total. The average Bonchev–Trinajstić information content (AvgIpc) is 3.52. The third-order valence-electron chi connectivity index (χ3n) is 8.48. The molecule has 6 rings (SSSR count). The van der Waals surface area contributed by atoms with Gasteiger partial charge in [-0.1, -0.05) is 66.7 Å². The molecule has 1 atom stereocenters. The molecule has 0 bridgehead atoms. The highest BCUT2D eigenvalue weighted by Crippen LogP contribution is 2.25. The summed E-state index contributed by atoms with van der Waals surface area (Å²) in [5, 5.41) is 6.06. The number of urea groups is 1. The maximum Gasteiger partial charge on any atom is 0.321 e. The molecule has 3 amide bonds. The van der Waals surface area contributed by atoms with Crippen LogP contribution in [0.3, 0.4) is 0 Å². The number of amides is 3. The van der Waals surface area contributed by atoms with Crippen molar-refractivity contribution < 1.29 is 9.59 Å². The monoisotopic (exact) mass is 589 g/mol. The molecule has 44 heavy (non-hydrogen) atoms. The van der Waals surface area contributed by atoms with Crippen molar-refractivity contribution in [2.75, 3.05) is 57.4 Å². The van der Waals surface area contributed by atoms with Crippen LogP contribution in [0.5, 0.6) is 0 Å². The second kappa shape index (κ2) is 13.3. The van der Waals surface area contributed by atoms with E-state index in [2.05, 4.69) is 56.7 Å². The number of nitrogens with one attached hydrogen (secondary N) is 2. The lowest BCUT2D eigenvalue weighted by Crippen LogP contribution is -2.43. The number of likely N-dealkylation sites (N-methyl/N-ethyl adjacent to an activating group) is 1. The van der Waals surface area contributed by atoms with Crippen LogP contribution in [-0.4, -0.2) is 84.0 Å². The summed E-state index contributed by atoms with van der Waals surface area (Å²) in [7, 11) is 2.16. The van der Waals surface area contributed by atoms with Crippen LogP contribution < -0.4 is 16.4 Å². The van der Waals surface area contributed by atoms with Gasteiger partial charge in [-0.2, -0.15) is 0 Å². The summed E-state index contributed by atoms with van der Waals surface area (Å²) >= 11 is 0. The van der Waals surface area contributed by atoms with E-state index in [-0.39, 0.29) is 23.8 Å². The Balaban J connectivity index is 1.04. The molecule has 2 fully saturated rings. The van der Waals surface area contributed by atoms with Gasteiger partial charge in [-0.15, -0.1) is 0 Å². The molecule has 0 radical (unpaired) electrons. The second-order valence-corrected chi connectivity index (χ2v) is 11.7. The molecule has 2 saturated heterocycles. The molecule has 2 aliphatic rings. The summed E-state index contributed by atoms with van der Waals surface area (Å²) in [6.45, 7) is 6.22. The molecule has 9 heteroatoms. The molecule has 0 spiro atoms. The van der Waals surface area contributed by atoms with Crippen molar-refractivity contribution in [2.24, 2.45) is 0 Å². The van der Waals surface area contributed by atoms with Crippen LogP contribution in [0.1, 0.15) is 22.3 Å². The second-order valence-electron chi connectivity index (χ2n) is 11.7. The van der Waals surface area contributed by atoms with Gasteiger partial charge in [0.25, 0.3) is 5.91 Å². The summed E-state index contributed by atoms with van der Waals surface area (Å²) in [6, 6.07) is 27.7. The first-order valence-electron chi connectivity index (χ1n) is 15.2. The Labute approximate surface area is 258 Å². The van der Waals surface area contributed by atoms with E-state index >= 15 is 0 Å². The van der Waals surface area contributed by atoms with Gasteiger partial charge in [-0.25, -0.2) is 9.78 Å². The van der Waals surface area contributed by atoms with Crippen molar-refractivity contribution in [3.05, 3.63) is 102 Å². The molecule has 2 aliphatic heterocycles. The van der Waals surface area contributed by atoms with E-state index < -0.39 is 0 Å². The topological polar surface area (TPSA) is 107 Å². The van der Waals surface area contributed by atoms with Crippen molar-refractivity contribution in [2.45, 2.75) is 19.0 Å². The van der Waals surface area contributed by atoms with E-state index in [0.717, 1.165) is 60.7 Å². The van der Waals surface area contributed by atoms with E-state index in [9.17, 15) is 9.59 Å². The quantitative estimate of drug-likeness (QED) is 0.287. The first-order valence-corrected chi connectivity index (χ1v) is 15.2. The normalized spacial score (nSPS) is 17.4. The number of nitrogen functional groups attached to an aromatic ring is 1. The number of pyridine rings is 1. The molecule has 3 aromatic carbocycles. The Kier molecular flexibility index (Phi) is 8.86. The highest BCUT2D eigenvalue weighted by molar-refractivity contribution is 5.99. The molecule has 4 N–H and O–H groups in total. The fraction of sp³-hybridized carbons (Fsp3) is 0.286. The first kappa shape index (κ1) is 29.3. The first-order chi connectivity index (χ1) is 21.4. The smallest absolute Gasteiger partial charge is 0.321 e. The molecule has 0 unspecified atom stereocenters. The van der Waals surface area contributed by atoms with Crippen molar-refractivity contribution in [1.29, 1.82) is 0 Å². The lowest BCUT2D eigenvalue weighted by molar-refractivity contribution is 0.0938. The number of benzene rings is 3. The minimum atomic E-state index is -0.286. The largest absolute Gasteiger partial charge is 0.383 e. The average molecular weight is 590 g/mol. The highest BCUT2D eigenvalue weighted by atomic mass is 16.2. The molecule has 1 aromatic heterocycles. The highest BCUT2D eigenvalue weighted by Gasteiger charge is 2.28. The number of hydrogen-bond acceptors (Lipinski definition) is 6. The van der Waals surface area contributed by atoms with Crippen LogP contribution in [0.25, 0.3) is 22.3 Å². The van der Waals surface area contributed by atoms with Gasteiger partial charge in [0.15, 0.2) is 0 Å². The molecule has 0 aliphatic carbocycles. The number of hydrogen-bond donors (Lipinski definition) is 3. The van der Waals surface area contributed by atoms with Gasteiger partial charge >= 0.3 is 6.03 Å². The lowest BCUT2D eigenvalue weighted by atomic mass is 10.0. The zero-order valence-electron chi connectivity index (χ0n) is 25.1. The van der Waals surface area contributed by atoms with E-state index in [0.29, 0.717) is 25.1 Å². The van der Waals surface area contributed by atoms with Gasteiger partial charge in [0.2, 0.25) is 0 Å². The fourth-order valence-corrected chi connectivity index (χ4v) is 5.82. The standard InChI is InChI=1S/C35H39N7O2/c1-40-16-18-41(19-17-40)23-25-10-12-27(13-11-25)29-21-32(33(36)37-22-29)34(43)38-31-14-15-42(24-31)35(44)39-30-9-5-8-28(20-30)26-6-3-2-4-7-26/h2-13,20-22,31H,14-19,23-24H2,1H3,(H2,36,37)(H,38,43)(H,39,44)/t31-/m1/s1. The Morgan fingerprint density at radius 1 is 0.841 bits per heavy atom. The summed E-state index contributed by atoms with van der Waals surface area (Å²) < 4.78 is 0. The van der Waals surface area contributed by atoms with Gasteiger partial charge in [-0.05, 0) is 53.9 Å². The third kappa shape index (κ3) is 7.07. The fourth-order valence-electron chi connectivity index (χ4n) is 5.82. The van der Waals surface area contributed by atoms with Crippen molar-refractivity contribution >= 4 is 23.4 Å².